The van der Waals surface area contributed by atoms with E-state index in [-0.39, 0.29) is 12.6 Å². The molecule has 0 unspecified atom stereocenters. The highest BCUT2D eigenvalue weighted by molar-refractivity contribution is 5.97. The van der Waals surface area contributed by atoms with Crippen LogP contribution in [0.25, 0.3) is 0 Å². The van der Waals surface area contributed by atoms with Crippen molar-refractivity contribution in [1.29, 1.82) is 0 Å². The number of nitrogens with one attached hydrogen (secondary N) is 1. The zero-order chi connectivity index (χ0) is 20.7. The molecule has 28 heavy (non-hydrogen) atoms. The monoisotopic (exact) mass is 395 g/mol. The predicted octanol–water partition coefficient (Wildman–Crippen LogP) is 1.62. The largest absolute Gasteiger partial charge is 0.494 e. The van der Waals surface area contributed by atoms with Crippen LogP contribution in [0.5, 0.6) is 5.88 Å². The molecule has 0 radical (unpaired) electrons. The molecule has 1 aromatic heterocycles. The van der Waals surface area contributed by atoms with Crippen molar-refractivity contribution >= 4 is 11.9 Å². The summed E-state index contributed by atoms with van der Waals surface area (Å²) in [7, 11) is 0. The topological polar surface area (TPSA) is 131 Å². The number of carboxylic acid groups (broad SMARTS) is 1. The first kappa shape index (κ1) is 21.7. The van der Waals surface area contributed by atoms with E-state index in [1.54, 1.807) is 0 Å². The maximum absolute atomic E-state index is 13.0. The van der Waals surface area contributed by atoms with Crippen molar-refractivity contribution in [1.82, 2.24) is 14.5 Å². The molecule has 0 aromatic carbocycles. The van der Waals surface area contributed by atoms with Gasteiger partial charge in [0.1, 0.15) is 6.54 Å². The Bertz CT molecular complexity index is 820. The molecule has 1 saturated carbocycles. The van der Waals surface area contributed by atoms with E-state index < -0.39 is 41.1 Å². The van der Waals surface area contributed by atoms with Crippen LogP contribution in [0.4, 0.5) is 0 Å². The average Bonchev–Trinajstić information content (AvgIpc) is 2.66. The van der Waals surface area contributed by atoms with Crippen molar-refractivity contribution in [3.63, 3.8) is 0 Å². The SMILES string of the molecule is CCCCCCn1c(O)c(C(=O)NCC(=O)O)c(=O)n(C2CCCCC2)c1=O. The van der Waals surface area contributed by atoms with Crippen LogP contribution in [0.3, 0.4) is 0 Å². The van der Waals surface area contributed by atoms with Crippen molar-refractivity contribution in [2.24, 2.45) is 0 Å². The molecule has 0 atom stereocenters. The summed E-state index contributed by atoms with van der Waals surface area (Å²) in [6.45, 7) is 1.56. The van der Waals surface area contributed by atoms with E-state index in [2.05, 4.69) is 12.2 Å². The van der Waals surface area contributed by atoms with Gasteiger partial charge < -0.3 is 15.5 Å². The highest BCUT2D eigenvalue weighted by Gasteiger charge is 2.28. The molecule has 1 heterocycles. The standard InChI is InChI=1S/C19H29N3O6/c1-2-3-4-8-11-21-17(26)15(16(25)20-12-14(23)24)18(27)22(19(21)28)13-9-6-5-7-10-13/h13,26H,2-12H2,1H3,(H,20,25)(H,23,24). The fourth-order valence-electron chi connectivity index (χ4n) is 3.66. The molecule has 9 nitrogen and oxygen atoms in total. The Kier molecular flexibility index (Phi) is 7.83. The van der Waals surface area contributed by atoms with Gasteiger partial charge in [0.05, 0.1) is 0 Å². The summed E-state index contributed by atoms with van der Waals surface area (Å²) in [4.78, 5) is 49.0. The van der Waals surface area contributed by atoms with E-state index >= 15 is 0 Å². The van der Waals surface area contributed by atoms with Gasteiger partial charge in [-0.1, -0.05) is 45.4 Å². The fraction of sp³-hybridized carbons (Fsp3) is 0.684. The second kappa shape index (κ2) is 10.1. The third-order valence-corrected chi connectivity index (χ3v) is 5.15. The minimum atomic E-state index is -1.27. The number of carbonyl (C=O) groups excluding carboxylic acids is 1. The molecule has 1 aliphatic rings. The van der Waals surface area contributed by atoms with E-state index in [1.165, 1.54) is 0 Å². The summed E-state index contributed by atoms with van der Waals surface area (Å²) in [5.41, 5.74) is -2.04. The van der Waals surface area contributed by atoms with E-state index in [1.807, 2.05) is 0 Å². The molecular formula is C19H29N3O6. The lowest BCUT2D eigenvalue weighted by atomic mass is 9.95. The number of carboxylic acids is 1. The third kappa shape index (κ3) is 5.02. The summed E-state index contributed by atoms with van der Waals surface area (Å²) in [6, 6.07) is -0.317. The number of aliphatic carboxylic acids is 1. The Morgan fingerprint density at radius 3 is 2.39 bits per heavy atom. The third-order valence-electron chi connectivity index (χ3n) is 5.15. The summed E-state index contributed by atoms with van der Waals surface area (Å²) >= 11 is 0. The number of aromatic hydroxyl groups is 1. The van der Waals surface area contributed by atoms with Crippen molar-refractivity contribution in [2.75, 3.05) is 6.54 Å². The molecule has 0 spiro atoms. The van der Waals surface area contributed by atoms with Gasteiger partial charge in [-0.2, -0.15) is 0 Å². The van der Waals surface area contributed by atoms with Gasteiger partial charge in [0.15, 0.2) is 5.56 Å². The zero-order valence-corrected chi connectivity index (χ0v) is 16.3. The van der Waals surface area contributed by atoms with Gasteiger partial charge in [-0.25, -0.2) is 4.79 Å². The molecule has 1 amide bonds. The van der Waals surface area contributed by atoms with Crippen molar-refractivity contribution in [3.8, 4) is 5.88 Å². The van der Waals surface area contributed by atoms with E-state index in [4.69, 9.17) is 5.11 Å². The molecule has 0 bridgehead atoms. The Morgan fingerprint density at radius 1 is 1.11 bits per heavy atom. The number of amides is 1. The van der Waals surface area contributed by atoms with Gasteiger partial charge in [0, 0.05) is 12.6 Å². The molecule has 1 fully saturated rings. The maximum Gasteiger partial charge on any atom is 0.334 e. The van der Waals surface area contributed by atoms with Crippen LogP contribution in [0.15, 0.2) is 9.59 Å². The van der Waals surface area contributed by atoms with Crippen molar-refractivity contribution < 1.29 is 19.8 Å². The van der Waals surface area contributed by atoms with Gasteiger partial charge in [0.2, 0.25) is 5.88 Å². The summed E-state index contributed by atoms with van der Waals surface area (Å²) < 4.78 is 2.15. The van der Waals surface area contributed by atoms with Gasteiger partial charge in [0.25, 0.3) is 11.5 Å². The zero-order valence-electron chi connectivity index (χ0n) is 16.3. The number of nitrogens with zero attached hydrogens (tertiary/aromatic N) is 2. The maximum atomic E-state index is 13.0. The average molecular weight is 395 g/mol. The second-order valence-electron chi connectivity index (χ2n) is 7.24. The smallest absolute Gasteiger partial charge is 0.334 e. The highest BCUT2D eigenvalue weighted by atomic mass is 16.4. The first-order valence-corrected chi connectivity index (χ1v) is 9.96. The van der Waals surface area contributed by atoms with Gasteiger partial charge >= 0.3 is 11.7 Å². The van der Waals surface area contributed by atoms with Crippen molar-refractivity contribution in [2.45, 2.75) is 77.3 Å². The summed E-state index contributed by atoms with van der Waals surface area (Å²) in [5, 5.41) is 21.4. The first-order chi connectivity index (χ1) is 13.4. The van der Waals surface area contributed by atoms with Gasteiger partial charge in [-0.15, -0.1) is 0 Å². The molecule has 1 aliphatic carbocycles. The minimum Gasteiger partial charge on any atom is -0.494 e. The number of unbranched alkanes of at least 4 members (excludes halogenated alkanes) is 3. The minimum absolute atomic E-state index is 0.191. The number of rotatable bonds is 9. The summed E-state index contributed by atoms with van der Waals surface area (Å²) in [5.74, 6) is -2.95. The van der Waals surface area contributed by atoms with Gasteiger partial charge in [-0.3, -0.25) is 23.5 Å². The van der Waals surface area contributed by atoms with Crippen LogP contribution < -0.4 is 16.6 Å². The lowest BCUT2D eigenvalue weighted by Crippen LogP contribution is -2.46. The Labute approximate surface area is 163 Å². The molecule has 9 heteroatoms. The lowest BCUT2D eigenvalue weighted by molar-refractivity contribution is -0.135. The normalized spacial score (nSPS) is 14.8. The molecule has 0 saturated heterocycles. The van der Waals surface area contributed by atoms with Crippen molar-refractivity contribution in [3.05, 3.63) is 26.4 Å². The number of carbonyl (C=O) groups is 2. The Balaban J connectivity index is 2.49. The van der Waals surface area contributed by atoms with Crippen LogP contribution in [-0.2, 0) is 11.3 Å². The second-order valence-corrected chi connectivity index (χ2v) is 7.24. The van der Waals surface area contributed by atoms with Crippen LogP contribution in [-0.4, -0.2) is 37.8 Å². The quantitative estimate of drug-likeness (QED) is 0.545. The van der Waals surface area contributed by atoms with Crippen LogP contribution >= 0.6 is 0 Å². The predicted molar refractivity (Wildman–Crippen MR) is 103 cm³/mol. The first-order valence-electron chi connectivity index (χ1n) is 9.96. The molecule has 0 aliphatic heterocycles. The van der Waals surface area contributed by atoms with Crippen LogP contribution in [0.2, 0.25) is 0 Å². The van der Waals surface area contributed by atoms with Crippen LogP contribution in [0, 0.1) is 0 Å². The van der Waals surface area contributed by atoms with E-state index in [9.17, 15) is 24.3 Å². The lowest BCUT2D eigenvalue weighted by Gasteiger charge is -2.25. The Hall–Kier alpha value is -2.58. The molecule has 1 aromatic rings. The molecule has 156 valence electrons. The number of hydrogen-bond donors (Lipinski definition) is 3. The van der Waals surface area contributed by atoms with E-state index in [0.717, 1.165) is 47.7 Å². The Morgan fingerprint density at radius 2 is 1.79 bits per heavy atom. The molecular weight excluding hydrogens is 366 g/mol. The highest BCUT2D eigenvalue weighted by Crippen LogP contribution is 2.26. The number of aromatic nitrogens is 2. The number of hydrogen-bond acceptors (Lipinski definition) is 5. The summed E-state index contributed by atoms with van der Waals surface area (Å²) in [6.07, 6.45) is 7.57. The molecule has 2 rings (SSSR count). The van der Waals surface area contributed by atoms with Crippen LogP contribution in [0.1, 0.15) is 81.1 Å². The fourth-order valence-corrected chi connectivity index (χ4v) is 3.66. The van der Waals surface area contributed by atoms with Gasteiger partial charge in [-0.05, 0) is 19.3 Å². The molecule has 3 N–H and O–H groups in total. The van der Waals surface area contributed by atoms with E-state index in [0.29, 0.717) is 19.3 Å².